The summed E-state index contributed by atoms with van der Waals surface area (Å²) in [6, 6.07) is 12.9. The summed E-state index contributed by atoms with van der Waals surface area (Å²) in [4.78, 5) is 34.1. The van der Waals surface area contributed by atoms with Crippen molar-refractivity contribution in [1.29, 1.82) is 0 Å². The Labute approximate surface area is 203 Å². The smallest absolute Gasteiger partial charge is 0.336 e. The molecule has 3 aromatic rings. The standard InChI is InChI=1S/C27H29FN4O3/c28-23-9-5-4-8-20(23)26(33)29-18-10-11-24-21(16-18)22(27(34)35)17-25(30-24)32-14-12-31(13-15-32)19-6-2-1-3-7-19/h4-5,8-11,16-17,19H,1-3,6-7,12-15H2,(H,29,33)(H,34,35). The minimum Gasteiger partial charge on any atom is -0.478 e. The molecule has 1 aromatic heterocycles. The monoisotopic (exact) mass is 476 g/mol. The summed E-state index contributed by atoms with van der Waals surface area (Å²) >= 11 is 0. The predicted molar refractivity (Wildman–Crippen MR) is 134 cm³/mol. The van der Waals surface area contributed by atoms with Gasteiger partial charge >= 0.3 is 5.97 Å². The predicted octanol–water partition coefficient (Wildman–Crippen LogP) is 4.78. The molecule has 2 fully saturated rings. The van der Waals surface area contributed by atoms with Gasteiger partial charge < -0.3 is 15.3 Å². The second kappa shape index (κ2) is 10.00. The third-order valence-corrected chi connectivity index (χ3v) is 7.13. The number of hydrogen-bond acceptors (Lipinski definition) is 5. The number of carboxylic acid groups (broad SMARTS) is 1. The number of aromatic nitrogens is 1. The lowest BCUT2D eigenvalue weighted by atomic mass is 9.94. The maximum absolute atomic E-state index is 14.0. The van der Waals surface area contributed by atoms with Crippen molar-refractivity contribution < 1.29 is 19.1 Å². The number of anilines is 2. The van der Waals surface area contributed by atoms with E-state index in [1.54, 1.807) is 30.3 Å². The van der Waals surface area contributed by atoms with Gasteiger partial charge in [-0.15, -0.1) is 0 Å². The van der Waals surface area contributed by atoms with E-state index >= 15 is 0 Å². The van der Waals surface area contributed by atoms with Gasteiger partial charge in [0.1, 0.15) is 11.6 Å². The molecule has 0 unspecified atom stereocenters. The number of fused-ring (bicyclic) bond motifs is 1. The van der Waals surface area contributed by atoms with Crippen molar-refractivity contribution in [2.75, 3.05) is 36.4 Å². The van der Waals surface area contributed by atoms with Gasteiger partial charge in [-0.25, -0.2) is 14.2 Å². The molecule has 0 atom stereocenters. The van der Waals surface area contributed by atoms with Gasteiger partial charge in [-0.1, -0.05) is 31.4 Å². The fourth-order valence-electron chi connectivity index (χ4n) is 5.23. The zero-order valence-corrected chi connectivity index (χ0v) is 19.5. The number of carbonyl (C=O) groups excluding carboxylic acids is 1. The number of aromatic carboxylic acids is 1. The highest BCUT2D eigenvalue weighted by Crippen LogP contribution is 2.28. The molecule has 1 saturated carbocycles. The maximum Gasteiger partial charge on any atom is 0.336 e. The van der Waals surface area contributed by atoms with E-state index in [0.717, 1.165) is 26.2 Å². The van der Waals surface area contributed by atoms with Crippen LogP contribution in [0.15, 0.2) is 48.5 Å². The van der Waals surface area contributed by atoms with E-state index < -0.39 is 17.7 Å². The van der Waals surface area contributed by atoms with Crippen LogP contribution >= 0.6 is 0 Å². The van der Waals surface area contributed by atoms with Gasteiger partial charge in [-0.05, 0) is 49.2 Å². The molecule has 1 aliphatic carbocycles. The zero-order chi connectivity index (χ0) is 24.4. The maximum atomic E-state index is 14.0. The van der Waals surface area contributed by atoms with E-state index in [-0.39, 0.29) is 11.1 Å². The molecular formula is C27H29FN4O3. The molecule has 182 valence electrons. The van der Waals surface area contributed by atoms with Crippen LogP contribution in [0.3, 0.4) is 0 Å². The summed E-state index contributed by atoms with van der Waals surface area (Å²) in [6.07, 6.45) is 6.49. The normalized spacial score (nSPS) is 17.5. The van der Waals surface area contributed by atoms with Crippen molar-refractivity contribution >= 4 is 34.3 Å². The minimum atomic E-state index is -1.06. The lowest BCUT2D eigenvalue weighted by Gasteiger charge is -2.41. The topological polar surface area (TPSA) is 85.8 Å². The number of nitrogens with one attached hydrogen (secondary N) is 1. The number of rotatable bonds is 5. The van der Waals surface area contributed by atoms with Crippen LogP contribution in [-0.2, 0) is 0 Å². The quantitative estimate of drug-likeness (QED) is 0.551. The Balaban J connectivity index is 1.36. The molecule has 2 N–H and O–H groups in total. The Bertz CT molecular complexity index is 1250. The molecule has 1 aliphatic heterocycles. The van der Waals surface area contributed by atoms with Crippen molar-refractivity contribution in [3.8, 4) is 0 Å². The molecule has 2 heterocycles. The summed E-state index contributed by atoms with van der Waals surface area (Å²) in [5.41, 5.74) is 0.969. The second-order valence-electron chi connectivity index (χ2n) is 9.31. The summed E-state index contributed by atoms with van der Waals surface area (Å²) in [6.45, 7) is 3.53. The number of piperazine rings is 1. The van der Waals surface area contributed by atoms with Crippen LogP contribution in [0.2, 0.25) is 0 Å². The van der Waals surface area contributed by atoms with Gasteiger partial charge in [0.2, 0.25) is 0 Å². The molecule has 8 heteroatoms. The highest BCUT2D eigenvalue weighted by Gasteiger charge is 2.26. The first-order chi connectivity index (χ1) is 17.0. The van der Waals surface area contributed by atoms with Crippen LogP contribution in [0.4, 0.5) is 15.9 Å². The number of amides is 1. The first kappa shape index (κ1) is 23.2. The van der Waals surface area contributed by atoms with Crippen molar-refractivity contribution in [3.05, 3.63) is 65.5 Å². The molecule has 7 nitrogen and oxygen atoms in total. The molecule has 35 heavy (non-hydrogen) atoms. The molecule has 1 amide bonds. The molecule has 1 saturated heterocycles. The van der Waals surface area contributed by atoms with E-state index in [9.17, 15) is 19.1 Å². The lowest BCUT2D eigenvalue weighted by molar-refractivity contribution is 0.0698. The largest absolute Gasteiger partial charge is 0.478 e. The van der Waals surface area contributed by atoms with Crippen LogP contribution in [-0.4, -0.2) is 59.1 Å². The number of carboxylic acids is 1. The van der Waals surface area contributed by atoms with E-state index in [0.29, 0.717) is 28.5 Å². The SMILES string of the molecule is O=C(Nc1ccc2nc(N3CCN(C4CCCCC4)CC3)cc(C(=O)O)c2c1)c1ccccc1F. The third-order valence-electron chi connectivity index (χ3n) is 7.13. The zero-order valence-electron chi connectivity index (χ0n) is 19.5. The Morgan fingerprint density at radius 1 is 0.943 bits per heavy atom. The van der Waals surface area contributed by atoms with Gasteiger partial charge in [0.25, 0.3) is 5.91 Å². The fraction of sp³-hybridized carbons (Fsp3) is 0.370. The van der Waals surface area contributed by atoms with Gasteiger partial charge in [0, 0.05) is 43.3 Å². The van der Waals surface area contributed by atoms with Crippen molar-refractivity contribution in [1.82, 2.24) is 9.88 Å². The van der Waals surface area contributed by atoms with Crippen molar-refractivity contribution in [2.45, 2.75) is 38.1 Å². The minimum absolute atomic E-state index is 0.0769. The molecule has 0 spiro atoms. The van der Waals surface area contributed by atoms with Gasteiger partial charge in [0.05, 0.1) is 16.6 Å². The first-order valence-electron chi connectivity index (χ1n) is 12.2. The lowest BCUT2D eigenvalue weighted by Crippen LogP contribution is -2.51. The van der Waals surface area contributed by atoms with Gasteiger partial charge in [-0.3, -0.25) is 9.69 Å². The first-order valence-corrected chi connectivity index (χ1v) is 12.2. The average Bonchev–Trinajstić information content (AvgIpc) is 2.89. The van der Waals surface area contributed by atoms with Crippen molar-refractivity contribution in [2.24, 2.45) is 0 Å². The van der Waals surface area contributed by atoms with Crippen LogP contribution in [0.1, 0.15) is 52.8 Å². The van der Waals surface area contributed by atoms with E-state index in [2.05, 4.69) is 15.1 Å². The summed E-state index contributed by atoms with van der Waals surface area (Å²) < 4.78 is 14.0. The van der Waals surface area contributed by atoms with E-state index in [1.165, 1.54) is 50.3 Å². The van der Waals surface area contributed by atoms with Crippen LogP contribution in [0.25, 0.3) is 10.9 Å². The molecular weight excluding hydrogens is 447 g/mol. The highest BCUT2D eigenvalue weighted by molar-refractivity contribution is 6.08. The van der Waals surface area contributed by atoms with Crippen LogP contribution < -0.4 is 10.2 Å². The van der Waals surface area contributed by atoms with E-state index in [4.69, 9.17) is 4.98 Å². The highest BCUT2D eigenvalue weighted by atomic mass is 19.1. The molecule has 5 rings (SSSR count). The Kier molecular flexibility index (Phi) is 6.63. The third kappa shape index (κ3) is 4.98. The van der Waals surface area contributed by atoms with Crippen LogP contribution in [0.5, 0.6) is 0 Å². The number of nitrogens with zero attached hydrogens (tertiary/aromatic N) is 3. The molecule has 0 bridgehead atoms. The summed E-state index contributed by atoms with van der Waals surface area (Å²) in [7, 11) is 0. The van der Waals surface area contributed by atoms with Gasteiger partial charge in [-0.2, -0.15) is 0 Å². The Morgan fingerprint density at radius 2 is 1.69 bits per heavy atom. The number of halogens is 1. The van der Waals surface area contributed by atoms with Crippen molar-refractivity contribution in [3.63, 3.8) is 0 Å². The average molecular weight is 477 g/mol. The van der Waals surface area contributed by atoms with Crippen LogP contribution in [0, 0.1) is 5.82 Å². The molecule has 2 aromatic carbocycles. The summed E-state index contributed by atoms with van der Waals surface area (Å²) in [5, 5.41) is 13.0. The fourth-order valence-corrected chi connectivity index (χ4v) is 5.23. The number of benzene rings is 2. The number of pyridine rings is 1. The molecule has 0 radical (unpaired) electrons. The Hall–Kier alpha value is -3.52. The second-order valence-corrected chi connectivity index (χ2v) is 9.31. The Morgan fingerprint density at radius 3 is 2.40 bits per heavy atom. The number of hydrogen-bond donors (Lipinski definition) is 2. The molecule has 2 aliphatic rings. The number of carbonyl (C=O) groups is 2. The van der Waals surface area contributed by atoms with Gasteiger partial charge in [0.15, 0.2) is 0 Å². The summed E-state index contributed by atoms with van der Waals surface area (Å²) in [5.74, 6) is -1.62. The van der Waals surface area contributed by atoms with E-state index in [1.807, 2.05) is 0 Å².